The topological polar surface area (TPSA) is 78.5 Å². The highest BCUT2D eigenvalue weighted by atomic mass is 16.6. The smallest absolute Gasteiger partial charge is 0.411 e. The predicted octanol–water partition coefficient (Wildman–Crippen LogP) is 3.75. The van der Waals surface area contributed by atoms with Crippen molar-refractivity contribution in [3.63, 3.8) is 0 Å². The van der Waals surface area contributed by atoms with E-state index in [1.54, 1.807) is 0 Å². The van der Waals surface area contributed by atoms with Crippen LogP contribution in [0.3, 0.4) is 0 Å². The number of nitrogens with zero attached hydrogens (tertiary/aromatic N) is 3. The van der Waals surface area contributed by atoms with Crippen molar-refractivity contribution in [2.45, 2.75) is 38.0 Å². The van der Waals surface area contributed by atoms with Gasteiger partial charge in [0.2, 0.25) is 0 Å². The lowest BCUT2D eigenvalue weighted by Crippen LogP contribution is -2.49. The summed E-state index contributed by atoms with van der Waals surface area (Å²) in [4.78, 5) is 29.3. The zero-order valence-corrected chi connectivity index (χ0v) is 16.8. The highest BCUT2D eigenvalue weighted by Crippen LogP contribution is 2.36. The van der Waals surface area contributed by atoms with E-state index in [0.717, 1.165) is 29.3 Å². The van der Waals surface area contributed by atoms with Gasteiger partial charge in [-0.15, -0.1) is 0 Å². The van der Waals surface area contributed by atoms with Gasteiger partial charge in [0.05, 0.1) is 11.6 Å². The van der Waals surface area contributed by atoms with Crippen molar-refractivity contribution in [1.29, 1.82) is 0 Å². The Kier molecular flexibility index (Phi) is 4.65. The summed E-state index contributed by atoms with van der Waals surface area (Å²) >= 11 is 0. The van der Waals surface area contributed by atoms with Crippen LogP contribution in [0, 0.1) is 0 Å². The summed E-state index contributed by atoms with van der Waals surface area (Å²) in [6.07, 6.45) is 0.942. The number of aromatic nitrogens is 2. The van der Waals surface area contributed by atoms with Gasteiger partial charge in [0.25, 0.3) is 5.91 Å². The van der Waals surface area contributed by atoms with Gasteiger partial charge in [0.1, 0.15) is 6.10 Å². The molecule has 0 saturated carbocycles. The first-order valence-electron chi connectivity index (χ1n) is 10.4. The number of H-pyrrole nitrogens is 1. The molecule has 30 heavy (non-hydrogen) atoms. The largest absolute Gasteiger partial charge is 0.439 e. The summed E-state index contributed by atoms with van der Waals surface area (Å²) in [5.74, 6) is -0.0647. The van der Waals surface area contributed by atoms with Crippen LogP contribution in [0.2, 0.25) is 0 Å². The number of carbonyl (C=O) groups is 2. The summed E-state index contributed by atoms with van der Waals surface area (Å²) in [5.41, 5.74) is 2.33. The molecule has 2 fully saturated rings. The Balaban J connectivity index is 1.27. The molecule has 2 aliphatic rings. The van der Waals surface area contributed by atoms with Crippen molar-refractivity contribution in [1.82, 2.24) is 20.0 Å². The van der Waals surface area contributed by atoms with Gasteiger partial charge in [-0.25, -0.2) is 4.79 Å². The molecule has 0 radical (unpaired) electrons. The van der Waals surface area contributed by atoms with Crippen molar-refractivity contribution in [2.75, 3.05) is 13.1 Å². The minimum atomic E-state index is -0.264. The number of para-hydroxylation sites is 1. The number of benzene rings is 2. The molecule has 7 nitrogen and oxygen atoms in total. The lowest BCUT2D eigenvalue weighted by Gasteiger charge is -2.37. The van der Waals surface area contributed by atoms with Crippen molar-refractivity contribution >= 4 is 22.9 Å². The van der Waals surface area contributed by atoms with E-state index in [1.165, 1.54) is 0 Å². The Morgan fingerprint density at radius 2 is 1.77 bits per heavy atom. The van der Waals surface area contributed by atoms with Gasteiger partial charge in [-0.3, -0.25) is 14.8 Å². The number of piperidine rings is 1. The molecule has 0 unspecified atom stereocenters. The molecule has 7 heteroatoms. The Morgan fingerprint density at radius 3 is 2.53 bits per heavy atom. The molecule has 5 rings (SSSR count). The van der Waals surface area contributed by atoms with Crippen molar-refractivity contribution in [2.24, 2.45) is 0 Å². The Hall–Kier alpha value is -3.35. The van der Waals surface area contributed by atoms with Gasteiger partial charge in [0, 0.05) is 24.5 Å². The van der Waals surface area contributed by atoms with Crippen LogP contribution in [-0.2, 0) is 4.74 Å². The molecular formula is C23H24N4O3. The van der Waals surface area contributed by atoms with Crippen LogP contribution >= 0.6 is 0 Å². The fourth-order valence-electron chi connectivity index (χ4n) is 4.67. The zero-order chi connectivity index (χ0) is 20.7. The monoisotopic (exact) mass is 404 g/mol. The number of ether oxygens (including phenoxy) is 1. The number of hydrogen-bond donors (Lipinski definition) is 1. The van der Waals surface area contributed by atoms with E-state index in [1.807, 2.05) is 71.3 Å². The van der Waals surface area contributed by atoms with Gasteiger partial charge in [-0.05, 0) is 31.4 Å². The first-order chi connectivity index (χ1) is 14.6. The van der Waals surface area contributed by atoms with E-state index in [2.05, 4.69) is 10.2 Å². The number of carbonyl (C=O) groups excluding carboxylic acids is 2. The number of likely N-dealkylation sites (tertiary alicyclic amines) is 1. The maximum Gasteiger partial charge on any atom is 0.411 e. The van der Waals surface area contributed by atoms with Gasteiger partial charge in [0.15, 0.2) is 5.69 Å². The number of hydrogen-bond acceptors (Lipinski definition) is 4. The molecule has 0 aliphatic carbocycles. The summed E-state index contributed by atoms with van der Waals surface area (Å²) in [6.45, 7) is 3.23. The SMILES string of the molecule is C[C@@H]1[C@H](c2ccccc2)OC(=O)N1C1CCN(C(=O)c2n[nH]c3ccccc23)CC1. The minimum absolute atomic E-state index is 0.0394. The molecule has 2 aliphatic heterocycles. The van der Waals surface area contributed by atoms with E-state index in [0.29, 0.717) is 18.8 Å². The van der Waals surface area contributed by atoms with E-state index in [4.69, 9.17) is 4.74 Å². The summed E-state index contributed by atoms with van der Waals surface area (Å²) in [5, 5.41) is 8.00. The molecule has 2 saturated heterocycles. The van der Waals surface area contributed by atoms with Crippen molar-refractivity contribution in [3.05, 3.63) is 65.9 Å². The predicted molar refractivity (Wildman–Crippen MR) is 112 cm³/mol. The number of nitrogens with one attached hydrogen (secondary N) is 1. The minimum Gasteiger partial charge on any atom is -0.439 e. The third kappa shape index (κ3) is 3.10. The van der Waals surface area contributed by atoms with Crippen LogP contribution in [0.4, 0.5) is 4.79 Å². The summed E-state index contributed by atoms with van der Waals surface area (Å²) < 4.78 is 5.70. The Bertz CT molecular complexity index is 1070. The molecule has 154 valence electrons. The Labute approximate surface area is 174 Å². The fraction of sp³-hybridized carbons (Fsp3) is 0.348. The first-order valence-corrected chi connectivity index (χ1v) is 10.4. The van der Waals surface area contributed by atoms with Crippen molar-refractivity contribution in [3.8, 4) is 0 Å². The lowest BCUT2D eigenvalue weighted by atomic mass is 9.98. The second kappa shape index (κ2) is 7.48. The third-order valence-corrected chi connectivity index (χ3v) is 6.26. The normalized spacial score (nSPS) is 22.5. The molecule has 2 aromatic carbocycles. The molecule has 2 atom stereocenters. The van der Waals surface area contributed by atoms with Crippen LogP contribution in [-0.4, -0.2) is 57.2 Å². The van der Waals surface area contributed by atoms with E-state index >= 15 is 0 Å². The van der Waals surface area contributed by atoms with Crippen molar-refractivity contribution < 1.29 is 14.3 Å². The molecule has 3 aromatic rings. The molecule has 0 bridgehead atoms. The highest BCUT2D eigenvalue weighted by Gasteiger charge is 2.44. The fourth-order valence-corrected chi connectivity index (χ4v) is 4.67. The van der Waals surface area contributed by atoms with Crippen LogP contribution in [0.1, 0.15) is 41.9 Å². The lowest BCUT2D eigenvalue weighted by molar-refractivity contribution is 0.0637. The van der Waals surface area contributed by atoms with Crippen LogP contribution in [0.15, 0.2) is 54.6 Å². The van der Waals surface area contributed by atoms with E-state index < -0.39 is 0 Å². The summed E-state index contributed by atoms with van der Waals surface area (Å²) in [7, 11) is 0. The average molecular weight is 404 g/mol. The van der Waals surface area contributed by atoms with E-state index in [9.17, 15) is 9.59 Å². The van der Waals surface area contributed by atoms with Crippen LogP contribution in [0.25, 0.3) is 10.9 Å². The maximum absolute atomic E-state index is 13.0. The van der Waals surface area contributed by atoms with Gasteiger partial charge in [-0.1, -0.05) is 48.5 Å². The van der Waals surface area contributed by atoms with Crippen LogP contribution in [0.5, 0.6) is 0 Å². The van der Waals surface area contributed by atoms with Crippen LogP contribution < -0.4 is 0 Å². The maximum atomic E-state index is 13.0. The van der Waals surface area contributed by atoms with Gasteiger partial charge in [-0.2, -0.15) is 5.10 Å². The number of rotatable bonds is 3. The second-order valence-corrected chi connectivity index (χ2v) is 8.00. The standard InChI is InChI=1S/C23H24N4O3/c1-15-21(16-7-3-2-4-8-16)30-23(29)27(15)17-11-13-26(14-12-17)22(28)20-18-9-5-6-10-19(18)24-25-20/h2-10,15,17,21H,11-14H2,1H3,(H,24,25)/t15-,21-/m1/s1. The number of cyclic esters (lactones) is 1. The molecular weight excluding hydrogens is 380 g/mol. The summed E-state index contributed by atoms with van der Waals surface area (Å²) in [6, 6.07) is 17.5. The zero-order valence-electron chi connectivity index (χ0n) is 16.8. The number of fused-ring (bicyclic) bond motifs is 1. The molecule has 2 amide bonds. The quantitative estimate of drug-likeness (QED) is 0.721. The highest BCUT2D eigenvalue weighted by molar-refractivity contribution is 6.04. The number of amides is 2. The Morgan fingerprint density at radius 1 is 1.07 bits per heavy atom. The molecule has 3 heterocycles. The van der Waals surface area contributed by atoms with Gasteiger partial charge >= 0.3 is 6.09 Å². The third-order valence-electron chi connectivity index (χ3n) is 6.26. The molecule has 0 spiro atoms. The first kappa shape index (κ1) is 18.7. The second-order valence-electron chi connectivity index (χ2n) is 8.00. The molecule has 1 N–H and O–H groups in total. The van der Waals surface area contributed by atoms with E-state index in [-0.39, 0.29) is 30.2 Å². The molecule has 1 aromatic heterocycles. The number of aromatic amines is 1. The van der Waals surface area contributed by atoms with Gasteiger partial charge < -0.3 is 9.64 Å². The average Bonchev–Trinajstić information content (AvgIpc) is 3.35.